The van der Waals surface area contributed by atoms with Crippen molar-refractivity contribution in [2.24, 2.45) is 0 Å². The summed E-state index contributed by atoms with van der Waals surface area (Å²) >= 11 is 0. The molecule has 2 fully saturated rings. The van der Waals surface area contributed by atoms with Crippen LogP contribution in [-0.4, -0.2) is 55.0 Å². The molecule has 0 aromatic heterocycles. The van der Waals surface area contributed by atoms with Crippen LogP contribution >= 0.6 is 0 Å². The Balaban J connectivity index is 0. The average molecular weight is 283 g/mol. The Hall–Kier alpha value is -0.0600. The fourth-order valence-electron chi connectivity index (χ4n) is 1.97. The number of quaternary nitrogens is 2. The Bertz CT molecular complexity index is 199. The van der Waals surface area contributed by atoms with Crippen molar-refractivity contribution in [3.8, 4) is 0 Å². The lowest BCUT2D eigenvalue weighted by atomic mass is 10.1. The lowest BCUT2D eigenvalue weighted by Crippen LogP contribution is -3.00. The molecular formula is C12H24Cl2N2O. The Morgan fingerprint density at radius 3 is 1.65 bits per heavy atom. The standard InChI is InChI=1S/C9H16NO.C3H7N.2ClH/c1-3-5-10(6-4-2)7-9(11)8-10;1-2-4-3-1;;/h3-4,9,11H,1-2,5-8H2;4H,1-3H2;2*1H/q+1;;;/p-1. The molecule has 17 heavy (non-hydrogen) atoms. The van der Waals surface area contributed by atoms with Gasteiger partial charge in [0.05, 0.1) is 26.2 Å². The van der Waals surface area contributed by atoms with Gasteiger partial charge < -0.3 is 39.7 Å². The third-order valence-electron chi connectivity index (χ3n) is 3.05. The van der Waals surface area contributed by atoms with E-state index in [9.17, 15) is 0 Å². The van der Waals surface area contributed by atoms with Crippen molar-refractivity contribution in [2.75, 3.05) is 39.3 Å². The van der Waals surface area contributed by atoms with E-state index >= 15 is 0 Å². The summed E-state index contributed by atoms with van der Waals surface area (Å²) in [4.78, 5) is 0. The molecule has 2 aliphatic heterocycles. The summed E-state index contributed by atoms with van der Waals surface area (Å²) in [5.41, 5.74) is 0. The van der Waals surface area contributed by atoms with Crippen molar-refractivity contribution < 1.29 is 39.7 Å². The molecule has 0 unspecified atom stereocenters. The number of nitrogens with zero attached hydrogens (tertiary/aromatic N) is 1. The third kappa shape index (κ3) is 6.43. The minimum Gasteiger partial charge on any atom is -1.00 e. The topological polar surface area (TPSA) is 36.8 Å². The smallest absolute Gasteiger partial charge is 0.152 e. The molecule has 2 heterocycles. The monoisotopic (exact) mass is 282 g/mol. The molecule has 0 aromatic carbocycles. The van der Waals surface area contributed by atoms with E-state index in [0.29, 0.717) is 0 Å². The number of rotatable bonds is 4. The van der Waals surface area contributed by atoms with E-state index in [1.807, 2.05) is 12.2 Å². The molecule has 0 aromatic rings. The lowest BCUT2D eigenvalue weighted by molar-refractivity contribution is -0.962. The van der Waals surface area contributed by atoms with E-state index in [1.54, 1.807) is 0 Å². The van der Waals surface area contributed by atoms with Crippen LogP contribution in [0.2, 0.25) is 0 Å². The normalized spacial score (nSPS) is 20.1. The van der Waals surface area contributed by atoms with Crippen molar-refractivity contribution in [1.82, 2.24) is 0 Å². The lowest BCUT2D eigenvalue weighted by Gasteiger charge is -2.47. The molecule has 0 bridgehead atoms. The second-order valence-electron chi connectivity index (χ2n) is 4.52. The maximum absolute atomic E-state index is 9.15. The number of halogens is 2. The zero-order valence-corrected chi connectivity index (χ0v) is 11.8. The molecule has 5 heteroatoms. The molecule has 0 atom stereocenters. The molecule has 0 amide bonds. The number of likely N-dealkylation sites (tertiary alicyclic amines) is 1. The van der Waals surface area contributed by atoms with Gasteiger partial charge in [0.2, 0.25) is 0 Å². The predicted molar refractivity (Wildman–Crippen MR) is 62.4 cm³/mol. The van der Waals surface area contributed by atoms with Crippen molar-refractivity contribution in [1.29, 1.82) is 0 Å². The second kappa shape index (κ2) is 9.92. The zero-order valence-electron chi connectivity index (χ0n) is 10.3. The molecule has 2 saturated heterocycles. The van der Waals surface area contributed by atoms with Crippen LogP contribution in [-0.2, 0) is 0 Å². The molecule has 102 valence electrons. The molecule has 3 N–H and O–H groups in total. The number of hydrogen-bond acceptors (Lipinski definition) is 1. The Kier molecular flexibility index (Phi) is 11.3. The number of hydrogen-bond donors (Lipinski definition) is 2. The predicted octanol–water partition coefficient (Wildman–Crippen LogP) is -6.49. The van der Waals surface area contributed by atoms with E-state index in [4.69, 9.17) is 5.11 Å². The van der Waals surface area contributed by atoms with E-state index in [-0.39, 0.29) is 30.9 Å². The molecule has 2 rings (SSSR count). The highest BCUT2D eigenvalue weighted by Crippen LogP contribution is 2.20. The van der Waals surface area contributed by atoms with Gasteiger partial charge in [-0.1, -0.05) is 13.2 Å². The van der Waals surface area contributed by atoms with Gasteiger partial charge in [-0.25, -0.2) is 0 Å². The maximum Gasteiger partial charge on any atom is 0.152 e. The largest absolute Gasteiger partial charge is 1.00 e. The van der Waals surface area contributed by atoms with Gasteiger partial charge in [-0.2, -0.15) is 0 Å². The van der Waals surface area contributed by atoms with Gasteiger partial charge in [0.25, 0.3) is 0 Å². The number of aliphatic hydroxyl groups is 1. The van der Waals surface area contributed by atoms with Crippen molar-refractivity contribution in [2.45, 2.75) is 12.5 Å². The van der Waals surface area contributed by atoms with Crippen LogP contribution in [0.4, 0.5) is 0 Å². The van der Waals surface area contributed by atoms with Crippen LogP contribution in [0.25, 0.3) is 0 Å². The van der Waals surface area contributed by atoms with E-state index in [1.165, 1.54) is 19.5 Å². The first-order chi connectivity index (χ1) is 7.22. The maximum atomic E-state index is 9.15. The Morgan fingerprint density at radius 2 is 1.47 bits per heavy atom. The van der Waals surface area contributed by atoms with Crippen molar-refractivity contribution >= 4 is 0 Å². The molecule has 0 saturated carbocycles. The van der Waals surface area contributed by atoms with Crippen LogP contribution < -0.4 is 30.1 Å². The first-order valence-electron chi connectivity index (χ1n) is 5.79. The first kappa shape index (κ1) is 19.3. The van der Waals surface area contributed by atoms with Gasteiger partial charge in [-0.3, -0.25) is 0 Å². The molecule has 0 radical (unpaired) electrons. The minimum atomic E-state index is -0.102. The first-order valence-corrected chi connectivity index (χ1v) is 5.79. The number of aliphatic hydroxyl groups excluding tert-OH is 1. The summed E-state index contributed by atoms with van der Waals surface area (Å²) in [6.07, 6.45) is 5.17. The van der Waals surface area contributed by atoms with Gasteiger partial charge in [0, 0.05) is 6.42 Å². The highest BCUT2D eigenvalue weighted by molar-refractivity contribution is 4.78. The fraction of sp³-hybridized carbons (Fsp3) is 0.667. The quantitative estimate of drug-likeness (QED) is 0.391. The SMILES string of the molecule is C1C[NH2+]C1.C=CC[N+]1(CC=C)CC(O)C1.[Cl-].[Cl-]. The summed E-state index contributed by atoms with van der Waals surface area (Å²) in [7, 11) is 0. The van der Waals surface area contributed by atoms with Crippen LogP contribution in [0.5, 0.6) is 0 Å². The van der Waals surface area contributed by atoms with E-state index in [0.717, 1.165) is 30.7 Å². The van der Waals surface area contributed by atoms with Gasteiger partial charge in [-0.05, 0) is 12.2 Å². The van der Waals surface area contributed by atoms with Crippen molar-refractivity contribution in [3.05, 3.63) is 25.3 Å². The van der Waals surface area contributed by atoms with Gasteiger partial charge in [-0.15, -0.1) is 0 Å². The third-order valence-corrected chi connectivity index (χ3v) is 3.05. The highest BCUT2D eigenvalue weighted by Gasteiger charge is 2.40. The zero-order chi connectivity index (χ0) is 11.1. The van der Waals surface area contributed by atoms with E-state index < -0.39 is 0 Å². The summed E-state index contributed by atoms with van der Waals surface area (Å²) in [5.74, 6) is 0. The average Bonchev–Trinajstić information content (AvgIpc) is 1.99. The fourth-order valence-corrected chi connectivity index (χ4v) is 1.97. The van der Waals surface area contributed by atoms with Crippen molar-refractivity contribution in [3.63, 3.8) is 0 Å². The minimum absolute atomic E-state index is 0. The second-order valence-corrected chi connectivity index (χ2v) is 4.52. The van der Waals surface area contributed by atoms with Gasteiger partial charge in [0.15, 0.2) is 6.10 Å². The molecule has 3 nitrogen and oxygen atoms in total. The summed E-state index contributed by atoms with van der Waals surface area (Å²) in [6.45, 7) is 13.8. The molecule has 2 aliphatic rings. The Morgan fingerprint density at radius 1 is 1.12 bits per heavy atom. The van der Waals surface area contributed by atoms with Crippen LogP contribution in [0.1, 0.15) is 6.42 Å². The van der Waals surface area contributed by atoms with Crippen LogP contribution in [0.3, 0.4) is 0 Å². The van der Waals surface area contributed by atoms with Gasteiger partial charge in [0.1, 0.15) is 13.1 Å². The number of nitrogens with two attached hydrogens (primary N) is 1. The Labute approximate surface area is 117 Å². The van der Waals surface area contributed by atoms with Gasteiger partial charge >= 0.3 is 0 Å². The summed E-state index contributed by atoms with van der Waals surface area (Å²) in [6, 6.07) is 0. The summed E-state index contributed by atoms with van der Waals surface area (Å²) in [5, 5.41) is 11.5. The highest BCUT2D eigenvalue weighted by atomic mass is 35.5. The van der Waals surface area contributed by atoms with E-state index in [2.05, 4.69) is 18.5 Å². The molecule has 0 aliphatic carbocycles. The van der Waals surface area contributed by atoms with Crippen LogP contribution in [0, 0.1) is 0 Å². The molecular weight excluding hydrogens is 259 g/mol. The molecule has 0 spiro atoms. The van der Waals surface area contributed by atoms with Crippen LogP contribution in [0.15, 0.2) is 25.3 Å². The summed E-state index contributed by atoms with van der Waals surface area (Å²) < 4.78 is 0.939.